The van der Waals surface area contributed by atoms with Crippen molar-refractivity contribution in [3.63, 3.8) is 0 Å². The second-order valence-corrected chi connectivity index (χ2v) is 5.31. The van der Waals surface area contributed by atoms with Crippen LogP contribution in [-0.2, 0) is 4.74 Å². The molecule has 1 heterocycles. The summed E-state index contributed by atoms with van der Waals surface area (Å²) in [5, 5.41) is 0.902. The van der Waals surface area contributed by atoms with E-state index in [0.29, 0.717) is 10.8 Å². The molecule has 0 atom stereocenters. The molecule has 5 heteroatoms. The molecule has 0 bridgehead atoms. The Kier molecular flexibility index (Phi) is 4.93. The van der Waals surface area contributed by atoms with E-state index in [1.54, 1.807) is 0 Å². The molecule has 0 radical (unpaired) electrons. The molecule has 1 aromatic rings. The number of esters is 1. The Morgan fingerprint density at radius 2 is 2.18 bits per heavy atom. The van der Waals surface area contributed by atoms with Crippen molar-refractivity contribution in [1.29, 1.82) is 0 Å². The van der Waals surface area contributed by atoms with Gasteiger partial charge in [0.1, 0.15) is 4.88 Å². The van der Waals surface area contributed by atoms with E-state index in [9.17, 15) is 4.79 Å². The van der Waals surface area contributed by atoms with Crippen molar-refractivity contribution < 1.29 is 9.53 Å². The van der Waals surface area contributed by atoms with E-state index in [0.717, 1.165) is 23.9 Å². The molecule has 0 aliphatic rings. The molecule has 0 saturated heterocycles. The standard InChI is InChI=1S/C12H20N2O2S/c1-6-14(7-8(2)3)12-13-9(4)10(17-12)11(15)16-5/h8H,6-7H2,1-5H3. The summed E-state index contributed by atoms with van der Waals surface area (Å²) in [6.07, 6.45) is 0. The van der Waals surface area contributed by atoms with Gasteiger partial charge in [0.05, 0.1) is 12.8 Å². The number of hydrogen-bond acceptors (Lipinski definition) is 5. The molecular formula is C12H20N2O2S. The van der Waals surface area contributed by atoms with Crippen molar-refractivity contribution in [2.75, 3.05) is 25.1 Å². The van der Waals surface area contributed by atoms with Crippen LogP contribution in [0.15, 0.2) is 0 Å². The van der Waals surface area contributed by atoms with Crippen LogP contribution in [0.5, 0.6) is 0 Å². The molecule has 4 nitrogen and oxygen atoms in total. The molecule has 1 aromatic heterocycles. The SMILES string of the molecule is CCN(CC(C)C)c1nc(C)c(C(=O)OC)s1. The number of thiazole rings is 1. The second-order valence-electron chi connectivity index (χ2n) is 4.34. The first kappa shape index (κ1) is 14.0. The monoisotopic (exact) mass is 256 g/mol. The van der Waals surface area contributed by atoms with Crippen molar-refractivity contribution in [3.8, 4) is 0 Å². The molecule has 0 aliphatic heterocycles. The van der Waals surface area contributed by atoms with Crippen LogP contribution in [0.1, 0.15) is 36.1 Å². The second kappa shape index (κ2) is 6.00. The van der Waals surface area contributed by atoms with Crippen molar-refractivity contribution in [2.24, 2.45) is 5.92 Å². The summed E-state index contributed by atoms with van der Waals surface area (Å²) in [5.74, 6) is 0.271. The lowest BCUT2D eigenvalue weighted by molar-refractivity contribution is 0.0605. The molecule has 0 N–H and O–H groups in total. The first-order valence-corrected chi connectivity index (χ1v) is 6.61. The summed E-state index contributed by atoms with van der Waals surface area (Å²) < 4.78 is 4.74. The maximum absolute atomic E-state index is 11.5. The number of hydrogen-bond donors (Lipinski definition) is 0. The highest BCUT2D eigenvalue weighted by atomic mass is 32.1. The lowest BCUT2D eigenvalue weighted by Crippen LogP contribution is -2.26. The number of nitrogens with zero attached hydrogens (tertiary/aromatic N) is 2. The predicted molar refractivity (Wildman–Crippen MR) is 70.9 cm³/mol. The minimum atomic E-state index is -0.299. The van der Waals surface area contributed by atoms with Gasteiger partial charge in [0.15, 0.2) is 5.13 Å². The van der Waals surface area contributed by atoms with Gasteiger partial charge in [0, 0.05) is 13.1 Å². The van der Waals surface area contributed by atoms with Gasteiger partial charge in [-0.25, -0.2) is 9.78 Å². The highest BCUT2D eigenvalue weighted by Gasteiger charge is 2.18. The molecular weight excluding hydrogens is 236 g/mol. The average Bonchev–Trinajstić information content (AvgIpc) is 2.66. The number of methoxy groups -OCH3 is 1. The third-order valence-corrected chi connectivity index (χ3v) is 3.59. The average molecular weight is 256 g/mol. The molecule has 96 valence electrons. The first-order chi connectivity index (χ1) is 7.99. The van der Waals surface area contributed by atoms with E-state index in [1.165, 1.54) is 18.4 Å². The van der Waals surface area contributed by atoms with Gasteiger partial charge in [0.2, 0.25) is 0 Å². The highest BCUT2D eigenvalue weighted by molar-refractivity contribution is 7.17. The fraction of sp³-hybridized carbons (Fsp3) is 0.667. The molecule has 0 saturated carbocycles. The zero-order chi connectivity index (χ0) is 13.0. The van der Waals surface area contributed by atoms with E-state index in [4.69, 9.17) is 4.74 Å². The predicted octanol–water partition coefficient (Wildman–Crippen LogP) is 2.72. The third kappa shape index (κ3) is 3.43. The minimum absolute atomic E-state index is 0.299. The number of ether oxygens (including phenoxy) is 1. The van der Waals surface area contributed by atoms with Gasteiger partial charge in [0.25, 0.3) is 0 Å². The van der Waals surface area contributed by atoms with Crippen LogP contribution in [0.4, 0.5) is 5.13 Å². The Bertz CT molecular complexity index is 388. The van der Waals surface area contributed by atoms with Gasteiger partial charge in [-0.3, -0.25) is 0 Å². The van der Waals surface area contributed by atoms with Crippen LogP contribution in [0.2, 0.25) is 0 Å². The number of aromatic nitrogens is 1. The smallest absolute Gasteiger partial charge is 0.350 e. The first-order valence-electron chi connectivity index (χ1n) is 5.80. The molecule has 1 rings (SSSR count). The number of carbonyl (C=O) groups excluding carboxylic acids is 1. The normalized spacial score (nSPS) is 10.7. The zero-order valence-corrected chi connectivity index (χ0v) is 11.9. The fourth-order valence-electron chi connectivity index (χ4n) is 1.58. The van der Waals surface area contributed by atoms with Gasteiger partial charge in [-0.2, -0.15) is 0 Å². The summed E-state index contributed by atoms with van der Waals surface area (Å²) in [6, 6.07) is 0. The third-order valence-electron chi connectivity index (χ3n) is 2.39. The van der Waals surface area contributed by atoms with Gasteiger partial charge in [-0.1, -0.05) is 25.2 Å². The summed E-state index contributed by atoms with van der Waals surface area (Å²) in [4.78, 5) is 18.7. The van der Waals surface area contributed by atoms with Crippen LogP contribution in [-0.4, -0.2) is 31.2 Å². The van der Waals surface area contributed by atoms with Crippen molar-refractivity contribution in [3.05, 3.63) is 10.6 Å². The number of carbonyl (C=O) groups is 1. The Hall–Kier alpha value is -1.10. The fourth-order valence-corrected chi connectivity index (χ4v) is 2.64. The molecule has 0 unspecified atom stereocenters. The highest BCUT2D eigenvalue weighted by Crippen LogP contribution is 2.27. The lowest BCUT2D eigenvalue weighted by Gasteiger charge is -2.21. The van der Waals surface area contributed by atoms with Crippen molar-refractivity contribution in [2.45, 2.75) is 27.7 Å². The maximum atomic E-state index is 11.5. The van der Waals surface area contributed by atoms with Crippen LogP contribution in [0.25, 0.3) is 0 Å². The van der Waals surface area contributed by atoms with Crippen molar-refractivity contribution in [1.82, 2.24) is 4.98 Å². The van der Waals surface area contributed by atoms with E-state index >= 15 is 0 Å². The molecule has 0 aliphatic carbocycles. The van der Waals surface area contributed by atoms with Crippen LogP contribution in [0, 0.1) is 12.8 Å². The Labute approximate surface area is 107 Å². The number of anilines is 1. The quantitative estimate of drug-likeness (QED) is 0.760. The van der Waals surface area contributed by atoms with Gasteiger partial charge >= 0.3 is 5.97 Å². The van der Waals surface area contributed by atoms with E-state index < -0.39 is 0 Å². The van der Waals surface area contributed by atoms with Crippen LogP contribution < -0.4 is 4.90 Å². The number of rotatable bonds is 5. The molecule has 0 spiro atoms. The van der Waals surface area contributed by atoms with Crippen LogP contribution in [0.3, 0.4) is 0 Å². The summed E-state index contributed by atoms with van der Waals surface area (Å²) in [7, 11) is 1.40. The topological polar surface area (TPSA) is 42.4 Å². The summed E-state index contributed by atoms with van der Waals surface area (Å²) in [5.41, 5.74) is 0.749. The van der Waals surface area contributed by atoms with E-state index in [-0.39, 0.29) is 5.97 Å². The number of aryl methyl sites for hydroxylation is 1. The summed E-state index contributed by atoms with van der Waals surface area (Å²) >= 11 is 1.41. The Balaban J connectivity index is 2.94. The Morgan fingerprint density at radius 1 is 1.53 bits per heavy atom. The van der Waals surface area contributed by atoms with Crippen molar-refractivity contribution >= 4 is 22.4 Å². The molecule has 0 fully saturated rings. The van der Waals surface area contributed by atoms with Gasteiger partial charge < -0.3 is 9.64 Å². The van der Waals surface area contributed by atoms with E-state index in [1.807, 2.05) is 6.92 Å². The summed E-state index contributed by atoms with van der Waals surface area (Å²) in [6.45, 7) is 10.1. The van der Waals surface area contributed by atoms with Crippen LogP contribution >= 0.6 is 11.3 Å². The zero-order valence-electron chi connectivity index (χ0n) is 11.1. The lowest BCUT2D eigenvalue weighted by atomic mass is 10.2. The molecule has 0 amide bonds. The van der Waals surface area contributed by atoms with Gasteiger partial charge in [-0.15, -0.1) is 0 Å². The molecule has 17 heavy (non-hydrogen) atoms. The van der Waals surface area contributed by atoms with Gasteiger partial charge in [-0.05, 0) is 19.8 Å². The largest absolute Gasteiger partial charge is 0.465 e. The molecule has 0 aromatic carbocycles. The minimum Gasteiger partial charge on any atom is -0.465 e. The maximum Gasteiger partial charge on any atom is 0.350 e. The van der Waals surface area contributed by atoms with E-state index in [2.05, 4.69) is 30.7 Å². The Morgan fingerprint density at radius 3 is 2.65 bits per heavy atom.